The van der Waals surface area contributed by atoms with Crippen LogP contribution < -0.4 is 20.5 Å². The molecule has 0 radical (unpaired) electrons. The number of hydrogen-bond acceptors (Lipinski definition) is 5. The van der Waals surface area contributed by atoms with Gasteiger partial charge in [0.2, 0.25) is 0 Å². The van der Waals surface area contributed by atoms with Gasteiger partial charge in [0.25, 0.3) is 11.5 Å². The summed E-state index contributed by atoms with van der Waals surface area (Å²) in [7, 11) is 1.66. The summed E-state index contributed by atoms with van der Waals surface area (Å²) in [4.78, 5) is 27.8. The molecule has 5 rings (SSSR count). The van der Waals surface area contributed by atoms with Crippen molar-refractivity contribution >= 4 is 28.1 Å². The summed E-state index contributed by atoms with van der Waals surface area (Å²) in [5, 5.41) is 9.02. The van der Waals surface area contributed by atoms with Crippen molar-refractivity contribution in [2.24, 2.45) is 7.05 Å². The van der Waals surface area contributed by atoms with Crippen LogP contribution in [0.2, 0.25) is 0 Å². The van der Waals surface area contributed by atoms with Crippen molar-refractivity contribution in [1.82, 2.24) is 9.78 Å². The van der Waals surface area contributed by atoms with E-state index in [4.69, 9.17) is 4.74 Å². The van der Waals surface area contributed by atoms with E-state index in [0.29, 0.717) is 22.5 Å². The average Bonchev–Trinajstić information content (AvgIpc) is 2.91. The highest BCUT2D eigenvalue weighted by Crippen LogP contribution is 2.34. The van der Waals surface area contributed by atoms with Gasteiger partial charge in [0.1, 0.15) is 5.75 Å². The zero-order chi connectivity index (χ0) is 24.2. The van der Waals surface area contributed by atoms with Gasteiger partial charge in [0, 0.05) is 31.1 Å². The predicted molar refractivity (Wildman–Crippen MR) is 139 cm³/mol. The number of anilines is 2. The van der Waals surface area contributed by atoms with Crippen molar-refractivity contribution < 1.29 is 9.53 Å². The zero-order valence-electron chi connectivity index (χ0n) is 19.7. The number of carbonyl (C=O) groups excluding carboxylic acids is 1. The maximum atomic E-state index is 12.9. The van der Waals surface area contributed by atoms with E-state index in [1.54, 1.807) is 7.05 Å². The highest BCUT2D eigenvalue weighted by molar-refractivity contribution is 5.99. The van der Waals surface area contributed by atoms with E-state index in [-0.39, 0.29) is 18.1 Å². The summed E-state index contributed by atoms with van der Waals surface area (Å²) >= 11 is 0. The van der Waals surface area contributed by atoms with Crippen LogP contribution in [0.4, 0.5) is 11.4 Å². The Morgan fingerprint density at radius 3 is 2.43 bits per heavy atom. The van der Waals surface area contributed by atoms with E-state index in [9.17, 15) is 9.59 Å². The van der Waals surface area contributed by atoms with Crippen LogP contribution in [0, 0.1) is 0 Å². The van der Waals surface area contributed by atoms with Gasteiger partial charge in [-0.05, 0) is 49.6 Å². The summed E-state index contributed by atoms with van der Waals surface area (Å²) in [6, 6.07) is 22.8. The molecule has 0 unspecified atom stereocenters. The number of aryl methyl sites for hydroxylation is 1. The molecule has 1 fully saturated rings. The number of ether oxygens (including phenoxy) is 1. The monoisotopic (exact) mass is 468 g/mol. The van der Waals surface area contributed by atoms with Gasteiger partial charge in [-0.3, -0.25) is 9.59 Å². The fourth-order valence-corrected chi connectivity index (χ4v) is 4.56. The number of rotatable bonds is 6. The van der Waals surface area contributed by atoms with Crippen LogP contribution in [-0.2, 0) is 11.8 Å². The molecule has 0 bridgehead atoms. The molecule has 0 saturated carbocycles. The molecule has 7 nitrogen and oxygen atoms in total. The topological polar surface area (TPSA) is 76.5 Å². The number of para-hydroxylation sites is 1. The fraction of sp³-hybridized carbons (Fsp3) is 0.250. The van der Waals surface area contributed by atoms with Crippen LogP contribution >= 0.6 is 0 Å². The van der Waals surface area contributed by atoms with Gasteiger partial charge in [0.05, 0.1) is 22.5 Å². The van der Waals surface area contributed by atoms with Crippen molar-refractivity contribution in [3.63, 3.8) is 0 Å². The maximum Gasteiger partial charge on any atom is 0.274 e. The summed E-state index contributed by atoms with van der Waals surface area (Å²) in [6.45, 7) is 1.81. The Balaban J connectivity index is 1.51. The third-order valence-electron chi connectivity index (χ3n) is 6.31. The molecule has 1 amide bonds. The Hall–Kier alpha value is -4.13. The number of benzene rings is 3. The number of carbonyl (C=O) groups is 1. The highest BCUT2D eigenvalue weighted by atomic mass is 16.5. The molecule has 1 aliphatic rings. The lowest BCUT2D eigenvalue weighted by Gasteiger charge is -2.31. The third-order valence-corrected chi connectivity index (χ3v) is 6.31. The van der Waals surface area contributed by atoms with E-state index in [2.05, 4.69) is 15.3 Å². The van der Waals surface area contributed by atoms with Gasteiger partial charge in [-0.15, -0.1) is 0 Å². The Labute approximate surface area is 204 Å². The normalized spacial score (nSPS) is 13.6. The molecule has 3 aromatic carbocycles. The lowest BCUT2D eigenvalue weighted by atomic mass is 10.0. The smallest absolute Gasteiger partial charge is 0.274 e. The molecule has 7 heteroatoms. The van der Waals surface area contributed by atoms with E-state index in [1.165, 1.54) is 11.1 Å². The Bertz CT molecular complexity index is 1410. The van der Waals surface area contributed by atoms with Crippen molar-refractivity contribution in [3.05, 3.63) is 83.2 Å². The van der Waals surface area contributed by atoms with Crippen molar-refractivity contribution in [2.45, 2.75) is 19.3 Å². The minimum Gasteiger partial charge on any atom is -0.484 e. The van der Waals surface area contributed by atoms with Crippen molar-refractivity contribution in [1.29, 1.82) is 0 Å². The molecule has 0 atom stereocenters. The molecule has 1 aliphatic heterocycles. The summed E-state index contributed by atoms with van der Waals surface area (Å²) in [5.74, 6) is 0.413. The molecule has 1 N–H and O–H groups in total. The van der Waals surface area contributed by atoms with Crippen LogP contribution in [0.3, 0.4) is 0 Å². The van der Waals surface area contributed by atoms with E-state index >= 15 is 0 Å². The van der Waals surface area contributed by atoms with Crippen molar-refractivity contribution in [3.8, 4) is 17.0 Å². The van der Waals surface area contributed by atoms with E-state index < -0.39 is 0 Å². The van der Waals surface area contributed by atoms with Crippen LogP contribution in [0.15, 0.2) is 77.6 Å². The minimum atomic E-state index is -0.234. The molecule has 1 saturated heterocycles. The first-order valence-corrected chi connectivity index (χ1v) is 11.9. The molecular formula is C28H28N4O3. The summed E-state index contributed by atoms with van der Waals surface area (Å²) < 4.78 is 7.01. The van der Waals surface area contributed by atoms with Gasteiger partial charge >= 0.3 is 0 Å². The lowest BCUT2D eigenvalue weighted by Crippen LogP contribution is -2.31. The zero-order valence-corrected chi connectivity index (χ0v) is 19.7. The lowest BCUT2D eigenvalue weighted by molar-refractivity contribution is -0.118. The second kappa shape index (κ2) is 10.0. The Kier molecular flexibility index (Phi) is 6.48. The van der Waals surface area contributed by atoms with E-state index in [0.717, 1.165) is 42.6 Å². The number of fused-ring (bicyclic) bond motifs is 1. The SMILES string of the molecule is Cn1nc(-c2ccc(N3CCCCC3)c(NC(=O)COc3ccccc3)c2)c2ccccc2c1=O. The van der Waals surface area contributed by atoms with Crippen LogP contribution in [0.5, 0.6) is 5.75 Å². The fourth-order valence-electron chi connectivity index (χ4n) is 4.56. The van der Waals surface area contributed by atoms with E-state index in [1.807, 2.05) is 72.8 Å². The molecule has 35 heavy (non-hydrogen) atoms. The Morgan fingerprint density at radius 2 is 1.66 bits per heavy atom. The maximum absolute atomic E-state index is 12.9. The van der Waals surface area contributed by atoms with Gasteiger partial charge in [0.15, 0.2) is 6.61 Å². The molecule has 178 valence electrons. The highest BCUT2D eigenvalue weighted by Gasteiger charge is 2.19. The molecule has 1 aromatic heterocycles. The molecule has 0 spiro atoms. The van der Waals surface area contributed by atoms with Crippen LogP contribution in [0.1, 0.15) is 19.3 Å². The van der Waals surface area contributed by atoms with Crippen LogP contribution in [-0.4, -0.2) is 35.4 Å². The number of amides is 1. The standard InChI is InChI=1S/C28H28N4O3/c1-31-28(34)23-13-7-6-12-22(23)27(30-31)20-14-15-25(32-16-8-3-9-17-32)24(18-20)29-26(33)19-35-21-10-4-2-5-11-21/h2,4-7,10-15,18H,3,8-9,16-17,19H2,1H3,(H,29,33). The number of nitrogens with one attached hydrogen (secondary N) is 1. The van der Waals surface area contributed by atoms with Gasteiger partial charge < -0.3 is 15.0 Å². The van der Waals surface area contributed by atoms with Crippen molar-refractivity contribution in [2.75, 3.05) is 29.9 Å². The second-order valence-corrected chi connectivity index (χ2v) is 8.75. The number of piperidine rings is 1. The predicted octanol–water partition coefficient (Wildman–Crippen LogP) is 4.61. The first-order chi connectivity index (χ1) is 17.1. The molecule has 4 aromatic rings. The molecule has 0 aliphatic carbocycles. The summed E-state index contributed by atoms with van der Waals surface area (Å²) in [5.41, 5.74) is 3.09. The summed E-state index contributed by atoms with van der Waals surface area (Å²) in [6.07, 6.45) is 3.47. The van der Waals surface area contributed by atoms with Gasteiger partial charge in [-0.1, -0.05) is 42.5 Å². The molecular weight excluding hydrogens is 440 g/mol. The first kappa shape index (κ1) is 22.7. The van der Waals surface area contributed by atoms with Gasteiger partial charge in [-0.2, -0.15) is 5.10 Å². The van der Waals surface area contributed by atoms with Crippen LogP contribution in [0.25, 0.3) is 22.0 Å². The first-order valence-electron chi connectivity index (χ1n) is 11.9. The minimum absolute atomic E-state index is 0.0886. The van der Waals surface area contributed by atoms with Gasteiger partial charge in [-0.25, -0.2) is 4.68 Å². The number of hydrogen-bond donors (Lipinski definition) is 1. The third kappa shape index (κ3) is 4.89. The number of nitrogens with zero attached hydrogens (tertiary/aromatic N) is 3. The quantitative estimate of drug-likeness (QED) is 0.447. The number of aromatic nitrogens is 2. The Morgan fingerprint density at radius 1 is 0.943 bits per heavy atom. The molecule has 2 heterocycles. The average molecular weight is 469 g/mol. The second-order valence-electron chi connectivity index (χ2n) is 8.75. The largest absolute Gasteiger partial charge is 0.484 e.